The number of benzene rings is 2. The van der Waals surface area contributed by atoms with Gasteiger partial charge in [0.05, 0.1) is 36.5 Å². The Bertz CT molecular complexity index is 1030. The summed E-state index contributed by atoms with van der Waals surface area (Å²) in [6, 6.07) is 8.46. The number of epoxide rings is 3. The minimum absolute atomic E-state index is 0.0282. The topological polar surface area (TPSA) is 116 Å². The minimum atomic E-state index is -0.814. The lowest BCUT2D eigenvalue weighted by Gasteiger charge is -2.16. The second-order valence-corrected chi connectivity index (χ2v) is 7.56. The smallest absolute Gasteiger partial charge is 0.340 e. The summed E-state index contributed by atoms with van der Waals surface area (Å²) < 4.78 is 31.2. The van der Waals surface area contributed by atoms with E-state index in [9.17, 15) is 14.4 Å². The first-order valence-electron chi connectivity index (χ1n) is 10.0. The van der Waals surface area contributed by atoms with Gasteiger partial charge in [0.2, 0.25) is 0 Å². The molecule has 0 bridgehead atoms. The number of fused-ring (bicyclic) bond motifs is 1. The molecule has 0 saturated carbocycles. The summed E-state index contributed by atoms with van der Waals surface area (Å²) in [7, 11) is 0. The maximum Gasteiger partial charge on any atom is 0.340 e. The molecule has 9 heteroatoms. The molecule has 3 aliphatic heterocycles. The maximum atomic E-state index is 13.0. The molecule has 3 aliphatic rings. The number of rotatable bonds is 9. The molecule has 3 fully saturated rings. The highest BCUT2D eigenvalue weighted by Gasteiger charge is 2.34. The quantitative estimate of drug-likeness (QED) is 0.333. The van der Waals surface area contributed by atoms with Gasteiger partial charge in [0.1, 0.15) is 38.1 Å². The molecule has 0 N–H and O–H groups in total. The molecule has 31 heavy (non-hydrogen) atoms. The lowest BCUT2D eigenvalue weighted by molar-refractivity contribution is 0.0412. The van der Waals surface area contributed by atoms with Gasteiger partial charge in [0, 0.05) is 0 Å². The summed E-state index contributed by atoms with van der Waals surface area (Å²) in [6.07, 6.45) is -0.464. The maximum absolute atomic E-state index is 13.0. The molecule has 3 saturated heterocycles. The van der Waals surface area contributed by atoms with Crippen LogP contribution in [0.25, 0.3) is 10.8 Å². The fourth-order valence-electron chi connectivity index (χ4n) is 3.15. The van der Waals surface area contributed by atoms with Crippen LogP contribution >= 0.6 is 0 Å². The first-order chi connectivity index (χ1) is 15.1. The molecular weight excluding hydrogens is 408 g/mol. The van der Waals surface area contributed by atoms with E-state index in [1.807, 2.05) is 0 Å². The predicted octanol–water partition coefficient (Wildman–Crippen LogP) is 1.51. The fraction of sp³-hybridized carbons (Fsp3) is 0.409. The number of ether oxygens (including phenoxy) is 6. The van der Waals surface area contributed by atoms with Gasteiger partial charge < -0.3 is 28.4 Å². The molecule has 162 valence electrons. The van der Waals surface area contributed by atoms with E-state index in [0.717, 1.165) is 0 Å². The Labute approximate surface area is 177 Å². The van der Waals surface area contributed by atoms with Crippen LogP contribution < -0.4 is 0 Å². The summed E-state index contributed by atoms with van der Waals surface area (Å²) in [5.74, 6) is -2.29. The van der Waals surface area contributed by atoms with Gasteiger partial charge in [0.15, 0.2) is 0 Å². The Balaban J connectivity index is 1.55. The van der Waals surface area contributed by atoms with Crippen LogP contribution in [0.5, 0.6) is 0 Å². The van der Waals surface area contributed by atoms with Gasteiger partial charge in [0.25, 0.3) is 0 Å². The van der Waals surface area contributed by atoms with E-state index in [0.29, 0.717) is 30.6 Å². The normalized spacial score (nSPS) is 23.2. The second-order valence-electron chi connectivity index (χ2n) is 7.56. The van der Waals surface area contributed by atoms with Crippen molar-refractivity contribution in [2.24, 2.45) is 0 Å². The zero-order valence-corrected chi connectivity index (χ0v) is 16.5. The van der Waals surface area contributed by atoms with Crippen molar-refractivity contribution in [3.63, 3.8) is 0 Å². The van der Waals surface area contributed by atoms with Gasteiger partial charge in [-0.05, 0) is 16.8 Å². The molecule has 0 amide bonds. The third-order valence-electron chi connectivity index (χ3n) is 5.09. The Kier molecular flexibility index (Phi) is 5.31. The van der Waals surface area contributed by atoms with E-state index >= 15 is 0 Å². The van der Waals surface area contributed by atoms with Crippen LogP contribution in [0, 0.1) is 0 Å². The van der Waals surface area contributed by atoms with E-state index in [4.69, 9.17) is 28.4 Å². The summed E-state index contributed by atoms with van der Waals surface area (Å²) in [5, 5.41) is 1.06. The second kappa shape index (κ2) is 8.26. The summed E-state index contributed by atoms with van der Waals surface area (Å²) >= 11 is 0. The molecule has 0 radical (unpaired) electrons. The van der Waals surface area contributed by atoms with Crippen molar-refractivity contribution in [2.75, 3.05) is 39.6 Å². The molecular formula is C22H20O9. The fourth-order valence-corrected chi connectivity index (χ4v) is 3.15. The first kappa shape index (κ1) is 19.9. The third-order valence-corrected chi connectivity index (χ3v) is 5.09. The standard InChI is InChI=1S/C22H20O9/c23-20(29-9-13-6-26-13)17-5-12-3-1-2-4-16(12)18(21(24)30-10-14-7-27-14)19(17)22(25)31-11-15-8-28-15/h1-5,13-15H,6-11H2. The Morgan fingerprint density at radius 2 is 1.23 bits per heavy atom. The molecule has 0 aromatic heterocycles. The molecule has 2 aromatic rings. The van der Waals surface area contributed by atoms with Gasteiger partial charge in [-0.3, -0.25) is 0 Å². The largest absolute Gasteiger partial charge is 0.459 e. The number of carbonyl (C=O) groups is 3. The van der Waals surface area contributed by atoms with Gasteiger partial charge >= 0.3 is 17.9 Å². The van der Waals surface area contributed by atoms with E-state index in [1.54, 1.807) is 24.3 Å². The van der Waals surface area contributed by atoms with Crippen LogP contribution in [-0.2, 0) is 28.4 Å². The summed E-state index contributed by atoms with van der Waals surface area (Å²) in [4.78, 5) is 38.9. The predicted molar refractivity (Wildman–Crippen MR) is 104 cm³/mol. The van der Waals surface area contributed by atoms with Crippen LogP contribution in [-0.4, -0.2) is 75.9 Å². The summed E-state index contributed by atoms with van der Waals surface area (Å²) in [5.41, 5.74) is -0.270. The number of esters is 3. The van der Waals surface area contributed by atoms with Crippen LogP contribution in [0.2, 0.25) is 0 Å². The lowest BCUT2D eigenvalue weighted by Crippen LogP contribution is -2.22. The lowest BCUT2D eigenvalue weighted by atomic mass is 9.93. The van der Waals surface area contributed by atoms with Crippen molar-refractivity contribution >= 4 is 28.7 Å². The molecule has 5 rings (SSSR count). The van der Waals surface area contributed by atoms with Gasteiger partial charge in [-0.2, -0.15) is 0 Å². The molecule has 9 nitrogen and oxygen atoms in total. The van der Waals surface area contributed by atoms with Crippen molar-refractivity contribution in [1.29, 1.82) is 0 Å². The highest BCUT2D eigenvalue weighted by Crippen LogP contribution is 2.29. The zero-order valence-electron chi connectivity index (χ0n) is 16.5. The van der Waals surface area contributed by atoms with Crippen molar-refractivity contribution < 1.29 is 42.8 Å². The Hall–Kier alpha value is -3.01. The average Bonchev–Trinajstić information content (AvgIpc) is 3.64. The highest BCUT2D eigenvalue weighted by molar-refractivity contribution is 6.18. The monoisotopic (exact) mass is 428 g/mol. The number of hydrogen-bond acceptors (Lipinski definition) is 9. The van der Waals surface area contributed by atoms with Crippen LogP contribution in [0.3, 0.4) is 0 Å². The van der Waals surface area contributed by atoms with Gasteiger partial charge in [-0.25, -0.2) is 14.4 Å². The molecule has 2 aromatic carbocycles. The van der Waals surface area contributed by atoms with Gasteiger partial charge in [-0.1, -0.05) is 24.3 Å². The Morgan fingerprint density at radius 1 is 0.742 bits per heavy atom. The minimum Gasteiger partial charge on any atom is -0.459 e. The van der Waals surface area contributed by atoms with Crippen LogP contribution in [0.1, 0.15) is 31.1 Å². The number of carbonyl (C=O) groups excluding carboxylic acids is 3. The average molecular weight is 428 g/mol. The van der Waals surface area contributed by atoms with E-state index in [-0.39, 0.29) is 54.8 Å². The molecule has 3 atom stereocenters. The van der Waals surface area contributed by atoms with E-state index in [1.165, 1.54) is 6.07 Å². The molecule has 0 spiro atoms. The van der Waals surface area contributed by atoms with Crippen molar-refractivity contribution in [2.45, 2.75) is 18.3 Å². The van der Waals surface area contributed by atoms with Crippen molar-refractivity contribution in [1.82, 2.24) is 0 Å². The molecule has 0 aliphatic carbocycles. The zero-order chi connectivity index (χ0) is 21.4. The van der Waals surface area contributed by atoms with Crippen molar-refractivity contribution in [3.05, 3.63) is 47.0 Å². The SMILES string of the molecule is O=C(OCC1CO1)c1cc2ccccc2c(C(=O)OCC2CO2)c1C(=O)OCC1CO1. The van der Waals surface area contributed by atoms with Gasteiger partial charge in [-0.15, -0.1) is 0 Å². The number of hydrogen-bond donors (Lipinski definition) is 0. The van der Waals surface area contributed by atoms with Crippen molar-refractivity contribution in [3.8, 4) is 0 Å². The third kappa shape index (κ3) is 4.68. The highest BCUT2D eigenvalue weighted by atomic mass is 16.6. The first-order valence-corrected chi connectivity index (χ1v) is 10.0. The Morgan fingerprint density at radius 3 is 1.77 bits per heavy atom. The van der Waals surface area contributed by atoms with E-state index in [2.05, 4.69) is 0 Å². The van der Waals surface area contributed by atoms with Crippen LogP contribution in [0.4, 0.5) is 0 Å². The van der Waals surface area contributed by atoms with E-state index < -0.39 is 17.9 Å². The summed E-state index contributed by atoms with van der Waals surface area (Å²) in [6.45, 7) is 1.68. The van der Waals surface area contributed by atoms with Crippen LogP contribution in [0.15, 0.2) is 30.3 Å². The molecule has 3 unspecified atom stereocenters. The molecule has 3 heterocycles.